The fraction of sp³-hybridized carbons (Fsp3) is 0.0870. The van der Waals surface area contributed by atoms with Gasteiger partial charge >= 0.3 is 5.69 Å². The molecule has 2 heterocycles. The summed E-state index contributed by atoms with van der Waals surface area (Å²) in [5, 5.41) is 0.427. The maximum Gasteiger partial charge on any atom is 0.332 e. The first kappa shape index (κ1) is 17.7. The molecule has 0 radical (unpaired) electrons. The van der Waals surface area contributed by atoms with Crippen molar-refractivity contribution in [2.24, 2.45) is 14.1 Å². The first-order chi connectivity index (χ1) is 13.6. The van der Waals surface area contributed by atoms with E-state index in [0.717, 1.165) is 21.3 Å². The zero-order valence-electron chi connectivity index (χ0n) is 15.7. The summed E-state index contributed by atoms with van der Waals surface area (Å²) in [5.41, 5.74) is 3.02. The normalized spacial score (nSPS) is 11.4. The van der Waals surface area contributed by atoms with Crippen LogP contribution in [0.5, 0.6) is 0 Å². The van der Waals surface area contributed by atoms with E-state index >= 15 is 0 Å². The average Bonchev–Trinajstić information content (AvgIpc) is 2.75. The van der Waals surface area contributed by atoms with E-state index in [9.17, 15) is 9.59 Å². The van der Waals surface area contributed by atoms with Crippen molar-refractivity contribution in [3.63, 3.8) is 0 Å². The zero-order valence-corrected chi connectivity index (χ0v) is 15.7. The van der Waals surface area contributed by atoms with Crippen LogP contribution in [0.1, 0.15) is 11.1 Å². The van der Waals surface area contributed by atoms with E-state index in [0.29, 0.717) is 16.7 Å². The molecule has 5 nitrogen and oxygen atoms in total. The molecule has 28 heavy (non-hydrogen) atoms. The molecule has 0 aliphatic carbocycles. The van der Waals surface area contributed by atoms with Crippen molar-refractivity contribution in [2.45, 2.75) is 0 Å². The Bertz CT molecular complexity index is 1300. The molecule has 0 N–H and O–H groups in total. The summed E-state index contributed by atoms with van der Waals surface area (Å²) < 4.78 is 2.54. The van der Waals surface area contributed by atoms with E-state index in [2.05, 4.69) is 4.98 Å². The number of aryl methyl sites for hydroxylation is 1. The Balaban J connectivity index is 2.04. The number of hydrogen-bond acceptors (Lipinski definition) is 3. The van der Waals surface area contributed by atoms with Gasteiger partial charge in [-0.3, -0.25) is 13.9 Å². The molecule has 2 aromatic heterocycles. The SMILES string of the molecule is Cn1c(=O)c2c(/C=C/c3ccccc3)cc(-c3ccccc3)nc2n(C)c1=O. The van der Waals surface area contributed by atoms with Gasteiger partial charge in [-0.05, 0) is 17.2 Å². The fourth-order valence-corrected chi connectivity index (χ4v) is 3.22. The van der Waals surface area contributed by atoms with Crippen LogP contribution in [0.25, 0.3) is 34.4 Å². The molecule has 0 bridgehead atoms. The van der Waals surface area contributed by atoms with E-state index in [4.69, 9.17) is 0 Å². The minimum Gasteiger partial charge on any atom is -0.280 e. The summed E-state index contributed by atoms with van der Waals surface area (Å²) in [5.74, 6) is 0. The second kappa shape index (κ2) is 7.12. The van der Waals surface area contributed by atoms with Gasteiger partial charge in [-0.25, -0.2) is 9.78 Å². The molecule has 138 valence electrons. The summed E-state index contributed by atoms with van der Waals surface area (Å²) in [6.07, 6.45) is 3.85. The van der Waals surface area contributed by atoms with E-state index < -0.39 is 5.69 Å². The molecule has 0 atom stereocenters. The van der Waals surface area contributed by atoms with Crippen molar-refractivity contribution in [3.8, 4) is 11.3 Å². The van der Waals surface area contributed by atoms with E-state index in [-0.39, 0.29) is 5.56 Å². The molecule has 4 rings (SSSR count). The molecule has 2 aromatic carbocycles. The van der Waals surface area contributed by atoms with Gasteiger partial charge in [0.05, 0.1) is 11.1 Å². The van der Waals surface area contributed by atoms with Crippen molar-refractivity contribution in [2.75, 3.05) is 0 Å². The molecular formula is C23H19N3O2. The number of nitrogens with zero attached hydrogens (tertiary/aromatic N) is 3. The van der Waals surface area contributed by atoms with E-state index in [1.807, 2.05) is 78.9 Å². The smallest absolute Gasteiger partial charge is 0.280 e. The van der Waals surface area contributed by atoms with Crippen molar-refractivity contribution in [3.05, 3.63) is 98.7 Å². The summed E-state index contributed by atoms with van der Waals surface area (Å²) in [6, 6.07) is 21.5. The summed E-state index contributed by atoms with van der Waals surface area (Å²) >= 11 is 0. The Kier molecular flexibility index (Phi) is 4.49. The van der Waals surface area contributed by atoms with Crippen molar-refractivity contribution in [1.82, 2.24) is 14.1 Å². The van der Waals surface area contributed by atoms with Gasteiger partial charge in [-0.2, -0.15) is 0 Å². The van der Waals surface area contributed by atoms with Gasteiger partial charge in [0.1, 0.15) is 0 Å². The summed E-state index contributed by atoms with van der Waals surface area (Å²) in [7, 11) is 3.12. The quantitative estimate of drug-likeness (QED) is 0.556. The van der Waals surface area contributed by atoms with Crippen LogP contribution in [0.2, 0.25) is 0 Å². The van der Waals surface area contributed by atoms with E-state index in [1.165, 1.54) is 11.6 Å². The highest BCUT2D eigenvalue weighted by molar-refractivity contribution is 5.90. The minimum atomic E-state index is -0.395. The van der Waals surface area contributed by atoms with Crippen LogP contribution in [0.3, 0.4) is 0 Å². The topological polar surface area (TPSA) is 56.9 Å². The first-order valence-corrected chi connectivity index (χ1v) is 8.95. The summed E-state index contributed by atoms with van der Waals surface area (Å²) in [4.78, 5) is 29.9. The number of rotatable bonds is 3. The third-order valence-electron chi connectivity index (χ3n) is 4.77. The second-order valence-electron chi connectivity index (χ2n) is 6.61. The van der Waals surface area contributed by atoms with Crippen LogP contribution in [-0.2, 0) is 14.1 Å². The lowest BCUT2D eigenvalue weighted by atomic mass is 10.0. The molecule has 4 aromatic rings. The van der Waals surface area contributed by atoms with Gasteiger partial charge in [0, 0.05) is 19.7 Å². The molecular weight excluding hydrogens is 350 g/mol. The van der Waals surface area contributed by atoms with Gasteiger partial charge in [0.2, 0.25) is 0 Å². The third-order valence-corrected chi connectivity index (χ3v) is 4.77. The van der Waals surface area contributed by atoms with Crippen LogP contribution >= 0.6 is 0 Å². The van der Waals surface area contributed by atoms with Crippen molar-refractivity contribution in [1.29, 1.82) is 0 Å². The average molecular weight is 369 g/mol. The Morgan fingerprint density at radius 3 is 2.14 bits per heavy atom. The minimum absolute atomic E-state index is 0.349. The largest absolute Gasteiger partial charge is 0.332 e. The highest BCUT2D eigenvalue weighted by atomic mass is 16.2. The van der Waals surface area contributed by atoms with Gasteiger partial charge in [-0.1, -0.05) is 72.8 Å². The van der Waals surface area contributed by atoms with Crippen LogP contribution in [0, 0.1) is 0 Å². The van der Waals surface area contributed by atoms with E-state index in [1.54, 1.807) is 7.05 Å². The monoisotopic (exact) mass is 369 g/mol. The number of aromatic nitrogens is 3. The summed E-state index contributed by atoms with van der Waals surface area (Å²) in [6.45, 7) is 0. The molecule has 0 aliphatic rings. The standard InChI is InChI=1S/C23H19N3O2/c1-25-21-20(22(27)26(2)23(25)28)18(14-13-16-9-5-3-6-10-16)15-19(24-21)17-11-7-4-8-12-17/h3-15H,1-2H3/b14-13+. The van der Waals surface area contributed by atoms with Gasteiger partial charge in [0.25, 0.3) is 5.56 Å². The predicted molar refractivity (Wildman–Crippen MR) is 113 cm³/mol. The van der Waals surface area contributed by atoms with Gasteiger partial charge in [0.15, 0.2) is 5.65 Å². The van der Waals surface area contributed by atoms with Crippen LogP contribution < -0.4 is 11.2 Å². The lowest BCUT2D eigenvalue weighted by molar-refractivity contribution is 0.708. The Morgan fingerprint density at radius 2 is 1.46 bits per heavy atom. The number of hydrogen-bond donors (Lipinski definition) is 0. The molecule has 5 heteroatoms. The van der Waals surface area contributed by atoms with Crippen molar-refractivity contribution >= 4 is 23.2 Å². The number of pyridine rings is 1. The lowest BCUT2D eigenvalue weighted by Gasteiger charge is -2.11. The third kappa shape index (κ3) is 3.07. The number of fused-ring (bicyclic) bond motifs is 1. The maximum atomic E-state index is 12.9. The molecule has 0 aliphatic heterocycles. The first-order valence-electron chi connectivity index (χ1n) is 8.95. The second-order valence-corrected chi connectivity index (χ2v) is 6.61. The highest BCUT2D eigenvalue weighted by Gasteiger charge is 2.15. The van der Waals surface area contributed by atoms with Crippen LogP contribution in [0.4, 0.5) is 0 Å². The van der Waals surface area contributed by atoms with Crippen molar-refractivity contribution < 1.29 is 0 Å². The maximum absolute atomic E-state index is 12.9. The Morgan fingerprint density at radius 1 is 0.821 bits per heavy atom. The molecule has 0 spiro atoms. The highest BCUT2D eigenvalue weighted by Crippen LogP contribution is 2.24. The Labute approximate surface area is 161 Å². The molecule has 0 fully saturated rings. The van der Waals surface area contributed by atoms with Crippen LogP contribution in [-0.4, -0.2) is 14.1 Å². The number of benzene rings is 2. The molecule has 0 unspecified atom stereocenters. The fourth-order valence-electron chi connectivity index (χ4n) is 3.22. The zero-order chi connectivity index (χ0) is 19.7. The predicted octanol–water partition coefficient (Wildman–Crippen LogP) is 3.47. The Hall–Kier alpha value is -3.73. The molecule has 0 saturated heterocycles. The lowest BCUT2D eigenvalue weighted by Crippen LogP contribution is -2.37. The van der Waals surface area contributed by atoms with Crippen LogP contribution in [0.15, 0.2) is 76.3 Å². The van der Waals surface area contributed by atoms with Gasteiger partial charge in [-0.15, -0.1) is 0 Å². The van der Waals surface area contributed by atoms with Gasteiger partial charge < -0.3 is 0 Å². The molecule has 0 saturated carbocycles. The molecule has 0 amide bonds.